The van der Waals surface area contributed by atoms with Crippen LogP contribution in [0.25, 0.3) is 0 Å². The fourth-order valence-electron chi connectivity index (χ4n) is 10.2. The molecule has 0 saturated carbocycles. The predicted octanol–water partition coefficient (Wildman–Crippen LogP) is 19.4. The number of unbranched alkanes of at least 4 members (excludes halogenated alkanes) is 30. The van der Waals surface area contributed by atoms with Crippen molar-refractivity contribution in [2.75, 3.05) is 49.3 Å². The van der Waals surface area contributed by atoms with E-state index in [1.54, 1.807) is 0 Å². The second-order valence-electron chi connectivity index (χ2n) is 19.9. The average molecular weight is 895 g/mol. The van der Waals surface area contributed by atoms with Gasteiger partial charge in [-0.3, -0.25) is 0 Å². The molecule has 0 aliphatic heterocycles. The molecule has 0 heterocycles. The molecule has 0 aromatic rings. The van der Waals surface area contributed by atoms with Crippen LogP contribution in [0.2, 0.25) is 0 Å². The first-order valence-electron chi connectivity index (χ1n) is 27.2. The predicted molar refractivity (Wildman–Crippen MR) is 275 cm³/mol. The van der Waals surface area contributed by atoms with E-state index in [1.165, 1.54) is 193 Å². The zero-order valence-corrected chi connectivity index (χ0v) is 44.7. The molecule has 0 aliphatic carbocycles. The molecule has 0 atom stereocenters. The summed E-state index contributed by atoms with van der Waals surface area (Å²) in [5.41, 5.74) is 0. The molecule has 7 heteroatoms. The van der Waals surface area contributed by atoms with E-state index in [0.717, 1.165) is 87.8 Å². The molecule has 0 rings (SSSR count). The molecule has 0 saturated heterocycles. The van der Waals surface area contributed by atoms with E-state index in [1.807, 2.05) is 0 Å². The van der Waals surface area contributed by atoms with Gasteiger partial charge in [-0.2, -0.15) is 0 Å². The first-order valence-corrected chi connectivity index (χ1v) is 34.3. The molecule has 0 aromatic heterocycles. The fraction of sp³-hybridized carbons (Fsp3) is 1.00. The van der Waals surface area contributed by atoms with Crippen LogP contribution in [0.15, 0.2) is 0 Å². The number of hydrogen-bond acceptors (Lipinski definition) is 4. The summed E-state index contributed by atoms with van der Waals surface area (Å²) in [6.45, 7) is 12.0. The Bertz CT molecular complexity index is 873. The van der Waals surface area contributed by atoms with Gasteiger partial charge in [0, 0.05) is 0 Å². The zero-order chi connectivity index (χ0) is 43.9. The van der Waals surface area contributed by atoms with Crippen molar-refractivity contribution in [3.63, 3.8) is 0 Å². The van der Waals surface area contributed by atoms with E-state index in [9.17, 15) is 0 Å². The van der Waals surface area contributed by atoms with Crippen LogP contribution >= 0.6 is 13.7 Å². The molecule has 4 nitrogen and oxygen atoms in total. The first-order chi connectivity index (χ1) is 28.5. The fourth-order valence-corrected chi connectivity index (χ4v) is 26.7. The van der Waals surface area contributed by atoms with Crippen LogP contribution in [0, 0.1) is 0 Å². The van der Waals surface area contributed by atoms with Gasteiger partial charge in [0.15, 0.2) is 0 Å². The molecule has 0 amide bonds. The van der Waals surface area contributed by atoms with E-state index in [4.69, 9.17) is 7.94 Å². The summed E-state index contributed by atoms with van der Waals surface area (Å²) in [7, 11) is -4.23. The maximum absolute atomic E-state index is 15.5. The van der Waals surface area contributed by atoms with Crippen LogP contribution in [-0.4, -0.2) is 57.7 Å². The van der Waals surface area contributed by atoms with Gasteiger partial charge in [-0.15, -0.1) is 0 Å². The average Bonchev–Trinajstić information content (AvgIpc) is 3.22. The van der Waals surface area contributed by atoms with Crippen molar-refractivity contribution in [1.82, 2.24) is 0 Å². The Labute approximate surface area is 374 Å². The Balaban J connectivity index is 7.13. The van der Waals surface area contributed by atoms with E-state index in [0.29, 0.717) is 0 Å². The molecule has 0 unspecified atom stereocenters. The normalized spacial score (nSPS) is 14.0. The Kier molecular flexibility index (Phi) is 37.5. The van der Waals surface area contributed by atoms with Crippen LogP contribution in [0.4, 0.5) is 0 Å². The van der Waals surface area contributed by atoms with Crippen LogP contribution < -0.4 is 0 Å². The molecule has 0 spiro atoms. The summed E-state index contributed by atoms with van der Waals surface area (Å²) in [5, 5.41) is 0. The summed E-state index contributed by atoms with van der Waals surface area (Å²) >= 11 is 0. The summed E-state index contributed by atoms with van der Waals surface area (Å²) in [6.07, 6.45) is 51.8. The van der Waals surface area contributed by atoms with Crippen molar-refractivity contribution in [1.29, 1.82) is 0 Å². The van der Waals surface area contributed by atoms with Gasteiger partial charge in [-0.05, 0) is 0 Å². The minimum atomic E-state index is -4.23. The van der Waals surface area contributed by atoms with Gasteiger partial charge in [0.1, 0.15) is 0 Å². The van der Waals surface area contributed by atoms with Gasteiger partial charge in [0.2, 0.25) is 0 Å². The Morgan fingerprint density at radius 2 is 0.407 bits per heavy atom. The molecule has 0 aliphatic rings. The zero-order valence-electron chi connectivity index (χ0n) is 42.0. The second-order valence-corrected chi connectivity index (χ2v) is 33.2. The Hall–Kier alpha value is 0.730. The van der Waals surface area contributed by atoms with Crippen LogP contribution in [0.3, 0.4) is 0 Å². The third-order valence-corrected chi connectivity index (χ3v) is 31.4. The van der Waals surface area contributed by atoms with Gasteiger partial charge in [0.05, 0.1) is 0 Å². The van der Waals surface area contributed by atoms with Crippen molar-refractivity contribution in [3.05, 3.63) is 0 Å². The second kappa shape index (κ2) is 37.0. The topological polar surface area (TPSA) is 52.6 Å². The molecule has 360 valence electrons. The van der Waals surface area contributed by atoms with Gasteiger partial charge in [0.25, 0.3) is 0 Å². The standard InChI is InChI=1S/C52H112O4P2S/c1-9-17-23-29-35-41-47-57(15-7,48-42-36-30-24-18-10-2,49-43-37-31-25-19-11-3)55-59(53,54)56-58(16-8,50-44-38-32-26-20-12-4,51-45-39-33-27-21-13-5)52-46-40-34-28-22-14-6/h9-52H2,1-8H3. The van der Waals surface area contributed by atoms with Crippen LogP contribution in [0.5, 0.6) is 0 Å². The Morgan fingerprint density at radius 3 is 0.559 bits per heavy atom. The quantitative estimate of drug-likeness (QED) is 0.0451. The summed E-state index contributed by atoms with van der Waals surface area (Å²) in [5.74, 6) is 0. The number of rotatable bonds is 48. The molecule has 0 aromatic carbocycles. The minimum absolute atomic E-state index is 0.876. The summed E-state index contributed by atoms with van der Waals surface area (Å²) < 4.78 is 45.5. The first kappa shape index (κ1) is 59.7. The number of hydrogen-bond donors (Lipinski definition) is 0. The molecule has 0 radical (unpaired) electrons. The van der Waals surface area contributed by atoms with Gasteiger partial charge in [-0.1, -0.05) is 0 Å². The Morgan fingerprint density at radius 1 is 0.254 bits per heavy atom. The summed E-state index contributed by atoms with van der Waals surface area (Å²) in [4.78, 5) is 0. The van der Waals surface area contributed by atoms with Gasteiger partial charge in [-0.25, -0.2) is 0 Å². The van der Waals surface area contributed by atoms with Crippen molar-refractivity contribution in [3.8, 4) is 0 Å². The van der Waals surface area contributed by atoms with E-state index in [-0.39, 0.29) is 0 Å². The summed E-state index contributed by atoms with van der Waals surface area (Å²) in [6, 6.07) is 0. The maximum atomic E-state index is 15.5. The van der Waals surface area contributed by atoms with E-state index >= 15 is 8.42 Å². The molecule has 0 N–H and O–H groups in total. The monoisotopic (exact) mass is 895 g/mol. The molecular weight excluding hydrogens is 783 g/mol. The van der Waals surface area contributed by atoms with Crippen molar-refractivity contribution in [2.24, 2.45) is 0 Å². The van der Waals surface area contributed by atoms with Crippen molar-refractivity contribution < 1.29 is 16.4 Å². The molecule has 0 bridgehead atoms. The van der Waals surface area contributed by atoms with Crippen molar-refractivity contribution in [2.45, 2.75) is 287 Å². The third-order valence-electron chi connectivity index (χ3n) is 14.7. The third kappa shape index (κ3) is 27.6. The molecular formula is C52H112O4P2S. The van der Waals surface area contributed by atoms with Gasteiger partial charge >= 0.3 is 376 Å². The van der Waals surface area contributed by atoms with Gasteiger partial charge < -0.3 is 0 Å². The molecule has 0 fully saturated rings. The van der Waals surface area contributed by atoms with E-state index < -0.39 is 24.1 Å². The van der Waals surface area contributed by atoms with E-state index in [2.05, 4.69) is 55.4 Å². The van der Waals surface area contributed by atoms with Crippen LogP contribution in [0.1, 0.15) is 287 Å². The van der Waals surface area contributed by atoms with Crippen molar-refractivity contribution >= 4 is 24.1 Å². The van der Waals surface area contributed by atoms with Crippen LogP contribution in [-0.2, 0) is 18.3 Å². The SMILES string of the molecule is CCCCCCCCP(CC)(CCCCCCCC)(CCCCCCCC)OS(=O)(=O)OP(CC)(CCCCCCCC)(CCCCCCCC)CCCCCCCC. The molecule has 59 heavy (non-hydrogen) atoms.